The van der Waals surface area contributed by atoms with E-state index in [1.807, 2.05) is 0 Å². The van der Waals surface area contributed by atoms with Crippen molar-refractivity contribution in [2.24, 2.45) is 11.8 Å². The average molecular weight is 1350 g/mol. The Morgan fingerprint density at radius 3 is 0.826 bits per heavy atom. The fraction of sp³-hybridized carbons (Fsp3) is 0.945. The van der Waals surface area contributed by atoms with Crippen molar-refractivity contribution in [1.29, 1.82) is 0 Å². The molecule has 3 unspecified atom stereocenters. The van der Waals surface area contributed by atoms with Gasteiger partial charge in [0.25, 0.3) is 0 Å². The number of phosphoric acid groups is 2. The van der Waals surface area contributed by atoms with Gasteiger partial charge in [0, 0.05) is 25.7 Å². The number of aliphatic hydroxyl groups excluding tert-OH is 1. The first-order valence-electron chi connectivity index (χ1n) is 38.0. The second kappa shape index (κ2) is 65.0. The summed E-state index contributed by atoms with van der Waals surface area (Å²) < 4.78 is 68.4. The number of esters is 4. The molecule has 0 aromatic carbocycles. The highest BCUT2D eigenvalue weighted by Crippen LogP contribution is 2.45. The van der Waals surface area contributed by atoms with Gasteiger partial charge in [-0.05, 0) is 37.5 Å². The molecule has 19 heteroatoms. The SMILES string of the molecule is CCCCCCCCCCCCCCCCCCCCCC(=O)O[C@H](COC(=O)CCCCCCCCCCCCCCC)COP(=O)(O)OC[C@@H](O)COP(=O)(O)OC[C@@H](COC(=O)CCCCCCCCC(C)CC)OC(=O)CCCCCCCCCC(C)C. The summed E-state index contributed by atoms with van der Waals surface area (Å²) in [7, 11) is -9.90. The van der Waals surface area contributed by atoms with Crippen LogP contribution in [0.5, 0.6) is 0 Å². The highest BCUT2D eigenvalue weighted by molar-refractivity contribution is 7.47. The Balaban J connectivity index is 5.21. The molecule has 0 saturated heterocycles. The zero-order chi connectivity index (χ0) is 67.9. The molecular formula is C73H142O17P2. The van der Waals surface area contributed by atoms with Crippen LogP contribution in [0.3, 0.4) is 0 Å². The molecule has 0 amide bonds. The maximum absolute atomic E-state index is 13.1. The predicted molar refractivity (Wildman–Crippen MR) is 372 cm³/mol. The van der Waals surface area contributed by atoms with E-state index in [9.17, 15) is 43.2 Å². The fourth-order valence-corrected chi connectivity index (χ4v) is 12.7. The van der Waals surface area contributed by atoms with E-state index in [1.54, 1.807) is 0 Å². The summed E-state index contributed by atoms with van der Waals surface area (Å²) in [6.45, 7) is 9.47. The fourth-order valence-electron chi connectivity index (χ4n) is 11.1. The predicted octanol–water partition coefficient (Wildman–Crippen LogP) is 21.2. The van der Waals surface area contributed by atoms with Gasteiger partial charge in [0.05, 0.1) is 26.4 Å². The monoisotopic (exact) mass is 1350 g/mol. The van der Waals surface area contributed by atoms with Gasteiger partial charge in [-0.15, -0.1) is 0 Å². The lowest BCUT2D eigenvalue weighted by atomic mass is 10.00. The van der Waals surface area contributed by atoms with Crippen LogP contribution in [0.1, 0.15) is 375 Å². The Bertz CT molecular complexity index is 1790. The van der Waals surface area contributed by atoms with Crippen LogP contribution in [-0.2, 0) is 65.4 Å². The molecule has 0 spiro atoms. The first-order chi connectivity index (χ1) is 44.4. The standard InChI is InChI=1S/C73H142O17P2/c1-7-10-12-14-16-18-20-22-23-24-25-26-27-29-31-33-37-45-51-57-72(77)89-68(61-83-70(75)55-49-43-36-32-30-28-21-19-17-15-13-11-8-2)63-87-91(79,80)85-59-67(74)60-86-92(81,82)88-64-69(90-73(78)58-52-46-38-34-35-41-47-53-65(4)5)62-84-71(76)56-50-44-40-39-42-48-54-66(6)9-3/h65-69,74H,7-64H2,1-6H3,(H,79,80)(H,81,82)/t66?,67-,68-,69-/m1/s1. The number of carbonyl (C=O) groups excluding carboxylic acids is 4. The normalized spacial score (nSPS) is 14.4. The van der Waals surface area contributed by atoms with E-state index in [4.69, 9.17) is 37.0 Å². The van der Waals surface area contributed by atoms with Crippen LogP contribution in [0.2, 0.25) is 0 Å². The summed E-state index contributed by atoms with van der Waals surface area (Å²) in [5.41, 5.74) is 0. The summed E-state index contributed by atoms with van der Waals surface area (Å²) in [4.78, 5) is 72.6. The quantitative estimate of drug-likeness (QED) is 0.0222. The number of phosphoric ester groups is 2. The second-order valence-electron chi connectivity index (χ2n) is 27.1. The second-order valence-corrected chi connectivity index (χ2v) is 30.0. The van der Waals surface area contributed by atoms with Crippen LogP contribution in [-0.4, -0.2) is 96.7 Å². The molecule has 0 fully saturated rings. The van der Waals surface area contributed by atoms with Crippen molar-refractivity contribution in [2.75, 3.05) is 39.6 Å². The third-order valence-corrected chi connectivity index (χ3v) is 19.2. The van der Waals surface area contributed by atoms with Gasteiger partial charge in [-0.25, -0.2) is 9.13 Å². The van der Waals surface area contributed by atoms with E-state index >= 15 is 0 Å². The van der Waals surface area contributed by atoms with Crippen molar-refractivity contribution in [3.63, 3.8) is 0 Å². The van der Waals surface area contributed by atoms with Crippen LogP contribution in [0, 0.1) is 11.8 Å². The molecule has 0 bridgehead atoms. The average Bonchev–Trinajstić information content (AvgIpc) is 1.52. The van der Waals surface area contributed by atoms with Gasteiger partial charge in [-0.1, -0.05) is 324 Å². The molecule has 0 aromatic heterocycles. The van der Waals surface area contributed by atoms with E-state index in [1.165, 1.54) is 186 Å². The van der Waals surface area contributed by atoms with Crippen LogP contribution in [0.25, 0.3) is 0 Å². The number of unbranched alkanes of at least 4 members (excludes halogenated alkanes) is 41. The Hall–Kier alpha value is -1.94. The molecule has 6 atom stereocenters. The molecular weight excluding hydrogens is 1210 g/mol. The molecule has 546 valence electrons. The van der Waals surface area contributed by atoms with E-state index in [0.29, 0.717) is 31.6 Å². The van der Waals surface area contributed by atoms with Gasteiger partial charge in [0.15, 0.2) is 12.2 Å². The molecule has 3 N–H and O–H groups in total. The molecule has 0 rings (SSSR count). The number of hydrogen-bond donors (Lipinski definition) is 3. The van der Waals surface area contributed by atoms with Crippen LogP contribution >= 0.6 is 15.6 Å². The van der Waals surface area contributed by atoms with Crippen molar-refractivity contribution in [3.8, 4) is 0 Å². The summed E-state index contributed by atoms with van der Waals surface area (Å²) in [6, 6.07) is 0. The van der Waals surface area contributed by atoms with E-state index < -0.39 is 97.5 Å². The molecule has 17 nitrogen and oxygen atoms in total. The summed E-state index contributed by atoms with van der Waals surface area (Å²) in [6.07, 6.45) is 51.5. The van der Waals surface area contributed by atoms with Crippen molar-refractivity contribution in [1.82, 2.24) is 0 Å². The lowest BCUT2D eigenvalue weighted by Crippen LogP contribution is -2.30. The zero-order valence-electron chi connectivity index (χ0n) is 59.9. The Morgan fingerprint density at radius 1 is 0.315 bits per heavy atom. The van der Waals surface area contributed by atoms with Crippen molar-refractivity contribution < 1.29 is 80.2 Å². The molecule has 0 saturated carbocycles. The minimum atomic E-state index is -4.95. The van der Waals surface area contributed by atoms with Crippen LogP contribution in [0.4, 0.5) is 0 Å². The van der Waals surface area contributed by atoms with Gasteiger partial charge in [-0.2, -0.15) is 0 Å². The van der Waals surface area contributed by atoms with Crippen molar-refractivity contribution in [3.05, 3.63) is 0 Å². The molecule has 0 heterocycles. The molecule has 92 heavy (non-hydrogen) atoms. The Labute approximate surface area is 562 Å². The lowest BCUT2D eigenvalue weighted by molar-refractivity contribution is -0.161. The number of aliphatic hydroxyl groups is 1. The van der Waals surface area contributed by atoms with Crippen LogP contribution < -0.4 is 0 Å². The minimum Gasteiger partial charge on any atom is -0.462 e. The molecule has 0 radical (unpaired) electrons. The minimum absolute atomic E-state index is 0.103. The van der Waals surface area contributed by atoms with Gasteiger partial charge < -0.3 is 33.8 Å². The highest BCUT2D eigenvalue weighted by atomic mass is 31.2. The maximum Gasteiger partial charge on any atom is 0.472 e. The van der Waals surface area contributed by atoms with Gasteiger partial charge in [-0.3, -0.25) is 37.3 Å². The summed E-state index contributed by atoms with van der Waals surface area (Å²) >= 11 is 0. The van der Waals surface area contributed by atoms with Crippen molar-refractivity contribution in [2.45, 2.75) is 394 Å². The van der Waals surface area contributed by atoms with E-state index in [2.05, 4.69) is 41.5 Å². The first kappa shape index (κ1) is 90.1. The van der Waals surface area contributed by atoms with E-state index in [-0.39, 0.29) is 25.7 Å². The topological polar surface area (TPSA) is 237 Å². The first-order valence-corrected chi connectivity index (χ1v) is 41.0. The molecule has 0 aliphatic rings. The largest absolute Gasteiger partial charge is 0.472 e. The lowest BCUT2D eigenvalue weighted by Gasteiger charge is -2.21. The van der Waals surface area contributed by atoms with Gasteiger partial charge in [0.1, 0.15) is 19.3 Å². The van der Waals surface area contributed by atoms with Gasteiger partial charge in [0.2, 0.25) is 0 Å². The summed E-state index contributed by atoms with van der Waals surface area (Å²) in [5.74, 6) is -0.697. The molecule has 0 aliphatic heterocycles. The molecule has 0 aromatic rings. The number of ether oxygens (including phenoxy) is 4. The maximum atomic E-state index is 13.1. The Kier molecular flexibility index (Phi) is 63.7. The third-order valence-electron chi connectivity index (χ3n) is 17.3. The number of hydrogen-bond acceptors (Lipinski definition) is 15. The van der Waals surface area contributed by atoms with Crippen LogP contribution in [0.15, 0.2) is 0 Å². The van der Waals surface area contributed by atoms with E-state index in [0.717, 1.165) is 102 Å². The van der Waals surface area contributed by atoms with Gasteiger partial charge >= 0.3 is 39.5 Å². The third kappa shape index (κ3) is 65.4. The van der Waals surface area contributed by atoms with Crippen molar-refractivity contribution >= 4 is 39.5 Å². The Morgan fingerprint density at radius 2 is 0.554 bits per heavy atom. The zero-order valence-corrected chi connectivity index (χ0v) is 61.6. The smallest absolute Gasteiger partial charge is 0.462 e. The number of carbonyl (C=O) groups is 4. The number of rotatable bonds is 72. The molecule has 0 aliphatic carbocycles. The highest BCUT2D eigenvalue weighted by Gasteiger charge is 2.30. The summed E-state index contributed by atoms with van der Waals surface area (Å²) in [5, 5.41) is 10.6.